The number of nitrogens with two attached hydrogens (primary N) is 1. The van der Waals surface area contributed by atoms with Crippen LogP contribution in [0.3, 0.4) is 0 Å². The second-order valence-electron chi connectivity index (χ2n) is 11.1. The summed E-state index contributed by atoms with van der Waals surface area (Å²) in [5.74, 6) is 0.285. The molecule has 0 saturated carbocycles. The van der Waals surface area contributed by atoms with E-state index in [1.54, 1.807) is 10.9 Å². The molecule has 3 N–H and O–H groups in total. The van der Waals surface area contributed by atoms with Crippen LogP contribution in [0.2, 0.25) is 0 Å². The molecule has 2 heterocycles. The van der Waals surface area contributed by atoms with Gasteiger partial charge in [-0.1, -0.05) is 90.9 Å². The van der Waals surface area contributed by atoms with Crippen molar-refractivity contribution in [2.45, 2.75) is 143 Å². The lowest BCUT2D eigenvalue weighted by Gasteiger charge is -2.25. The minimum absolute atomic E-state index is 0.0614. The summed E-state index contributed by atoms with van der Waals surface area (Å²) < 4.78 is 37.5. The number of fused-ring (bicyclic) bond motifs is 1. The second-order valence-corrected chi connectivity index (χ2v) is 12.9. The van der Waals surface area contributed by atoms with Crippen molar-refractivity contribution < 1.29 is 28.2 Å². The molecule has 0 amide bonds. The van der Waals surface area contributed by atoms with Gasteiger partial charge in [0.05, 0.1) is 31.7 Å². The van der Waals surface area contributed by atoms with Gasteiger partial charge >= 0.3 is 7.60 Å². The summed E-state index contributed by atoms with van der Waals surface area (Å²) in [4.78, 5) is 23.0. The third kappa shape index (κ3) is 14.7. The van der Waals surface area contributed by atoms with Crippen LogP contribution < -0.4 is 5.73 Å². The first-order chi connectivity index (χ1) is 20.3. The predicted molar refractivity (Wildman–Crippen MR) is 167 cm³/mol. The van der Waals surface area contributed by atoms with Gasteiger partial charge in [0.25, 0.3) is 0 Å². The molecular weight excluding hydrogens is 557 g/mol. The Kier molecular flexibility index (Phi) is 18.4. The van der Waals surface area contributed by atoms with Gasteiger partial charge in [-0.2, -0.15) is 0 Å². The maximum atomic E-state index is 12.9. The van der Waals surface area contributed by atoms with Gasteiger partial charge < -0.3 is 29.4 Å². The number of ether oxygens (including phenoxy) is 3. The number of unbranched alkanes of at least 4 members (excludes halogenated alkanes) is 11. The number of imidazole rings is 1. The van der Waals surface area contributed by atoms with Crippen LogP contribution in [0.1, 0.15) is 118 Å². The van der Waals surface area contributed by atoms with Crippen LogP contribution in [0.25, 0.3) is 11.2 Å². The molecule has 242 valence electrons. The molecule has 2 rings (SSSR count). The first kappa shape index (κ1) is 36.6. The Morgan fingerprint density at radius 1 is 0.952 bits per heavy atom. The zero-order valence-corrected chi connectivity index (χ0v) is 27.3. The highest BCUT2D eigenvalue weighted by Crippen LogP contribution is 2.44. The van der Waals surface area contributed by atoms with Gasteiger partial charge in [0, 0.05) is 6.61 Å². The van der Waals surface area contributed by atoms with Gasteiger partial charge in [-0.3, -0.25) is 9.09 Å². The second kappa shape index (κ2) is 21.1. The van der Waals surface area contributed by atoms with Gasteiger partial charge in [-0.25, -0.2) is 15.0 Å². The highest BCUT2D eigenvalue weighted by Gasteiger charge is 2.28. The lowest BCUT2D eigenvalue weighted by atomic mass is 10.0. The maximum absolute atomic E-state index is 12.9. The van der Waals surface area contributed by atoms with E-state index in [4.69, 9.17) is 24.5 Å². The van der Waals surface area contributed by atoms with Crippen molar-refractivity contribution in [2.24, 2.45) is 0 Å². The Morgan fingerprint density at radius 3 is 2.21 bits per heavy atom. The summed E-state index contributed by atoms with van der Waals surface area (Å²) in [6, 6.07) is 0. The van der Waals surface area contributed by atoms with Gasteiger partial charge in [-0.15, -0.1) is 0 Å². The third-order valence-corrected chi connectivity index (χ3v) is 8.31. The van der Waals surface area contributed by atoms with Crippen molar-refractivity contribution in [3.8, 4) is 0 Å². The normalized spacial score (nSPS) is 15.5. The minimum atomic E-state index is -4.09. The number of hydrogen-bond donors (Lipinski definition) is 2. The minimum Gasteiger partial charge on any atom is -0.382 e. The first-order valence-corrected chi connectivity index (χ1v) is 17.8. The van der Waals surface area contributed by atoms with Crippen molar-refractivity contribution >= 4 is 24.6 Å². The zero-order chi connectivity index (χ0) is 30.6. The number of anilines is 1. The highest BCUT2D eigenvalue weighted by atomic mass is 31.2. The Hall–Kier alpha value is -1.62. The van der Waals surface area contributed by atoms with Crippen LogP contribution in [0, 0.1) is 0 Å². The van der Waals surface area contributed by atoms with Crippen molar-refractivity contribution in [1.29, 1.82) is 0 Å². The van der Waals surface area contributed by atoms with Crippen LogP contribution in [0.15, 0.2) is 12.7 Å². The van der Waals surface area contributed by atoms with Crippen LogP contribution in [0.4, 0.5) is 5.82 Å². The summed E-state index contributed by atoms with van der Waals surface area (Å²) in [5, 5.41) is 0. The molecule has 0 radical (unpaired) electrons. The van der Waals surface area contributed by atoms with Gasteiger partial charge in [0.1, 0.15) is 18.2 Å². The molecule has 42 heavy (non-hydrogen) atoms. The molecular formula is C30H56N5O6P. The molecule has 0 aliphatic carbocycles. The standard InChI is InChI=1S/C30H56N5O6P/c1-5-8-9-10-11-12-13-14-15-16-17-18-19-25(4)40-27(6-2)41-42(36,37)24-39-26(21-38-7-3)20-35-23-34-28-29(31)32-22-33-30(28)35/h22-23,25-27H,5-21,24H2,1-4H3,(H,36,37)(H2,31,32,33). The predicted octanol–water partition coefficient (Wildman–Crippen LogP) is 7.22. The lowest BCUT2D eigenvalue weighted by molar-refractivity contribution is -0.123. The SMILES string of the molecule is CCCCCCCCCCCCCCC(C)OC(CC)OP(=O)(O)COC(COCC)Cn1cnc2c(N)ncnc21. The summed E-state index contributed by atoms with van der Waals surface area (Å²) in [6.07, 6.45) is 18.1. The van der Waals surface area contributed by atoms with Crippen LogP contribution in [-0.2, 0) is 29.8 Å². The molecule has 0 aliphatic rings. The molecule has 11 nitrogen and oxygen atoms in total. The molecule has 0 aliphatic heterocycles. The zero-order valence-electron chi connectivity index (χ0n) is 26.4. The van der Waals surface area contributed by atoms with E-state index in [1.165, 1.54) is 77.0 Å². The van der Waals surface area contributed by atoms with Gasteiger partial charge in [-0.05, 0) is 26.7 Å². The Bertz CT molecular complexity index is 1030. The van der Waals surface area contributed by atoms with Crippen LogP contribution in [0.5, 0.6) is 0 Å². The van der Waals surface area contributed by atoms with E-state index in [0.717, 1.165) is 12.8 Å². The summed E-state index contributed by atoms with van der Waals surface area (Å²) in [5.41, 5.74) is 6.93. The summed E-state index contributed by atoms with van der Waals surface area (Å²) in [6.45, 7) is 9.01. The van der Waals surface area contributed by atoms with Crippen molar-refractivity contribution in [3.05, 3.63) is 12.7 Å². The smallest absolute Gasteiger partial charge is 0.355 e. The highest BCUT2D eigenvalue weighted by molar-refractivity contribution is 7.52. The van der Waals surface area contributed by atoms with E-state index in [9.17, 15) is 9.46 Å². The topological polar surface area (TPSA) is 144 Å². The van der Waals surface area contributed by atoms with Gasteiger partial charge in [0.2, 0.25) is 0 Å². The fourth-order valence-corrected chi connectivity index (χ4v) is 5.89. The maximum Gasteiger partial charge on any atom is 0.355 e. The Morgan fingerprint density at radius 2 is 1.60 bits per heavy atom. The monoisotopic (exact) mass is 613 g/mol. The fourth-order valence-electron chi connectivity index (χ4n) is 4.86. The van der Waals surface area contributed by atoms with Crippen molar-refractivity contribution in [1.82, 2.24) is 19.5 Å². The number of nitrogen functional groups attached to an aromatic ring is 1. The molecule has 4 unspecified atom stereocenters. The molecule has 0 spiro atoms. The van der Waals surface area contributed by atoms with E-state index in [2.05, 4.69) is 21.9 Å². The molecule has 0 fully saturated rings. The Balaban J connectivity index is 1.69. The number of aromatic nitrogens is 4. The summed E-state index contributed by atoms with van der Waals surface area (Å²) in [7, 11) is -4.09. The van der Waals surface area contributed by atoms with Crippen molar-refractivity contribution in [2.75, 3.05) is 25.3 Å². The average molecular weight is 614 g/mol. The van der Waals surface area contributed by atoms with Crippen LogP contribution in [-0.4, -0.2) is 62.5 Å². The quantitative estimate of drug-likeness (QED) is 0.0634. The van der Waals surface area contributed by atoms with E-state index >= 15 is 0 Å². The Labute approximate surface area is 252 Å². The number of nitrogens with zero attached hydrogens (tertiary/aromatic N) is 4. The van der Waals surface area contributed by atoms with Gasteiger partial charge in [0.15, 0.2) is 17.8 Å². The molecule has 4 atom stereocenters. The van der Waals surface area contributed by atoms with E-state index in [1.807, 2.05) is 20.8 Å². The van der Waals surface area contributed by atoms with Crippen LogP contribution >= 0.6 is 7.60 Å². The molecule has 0 bridgehead atoms. The van der Waals surface area contributed by atoms with E-state index in [0.29, 0.717) is 30.7 Å². The van der Waals surface area contributed by atoms with E-state index in [-0.39, 0.29) is 18.5 Å². The molecule has 2 aromatic rings. The number of rotatable bonds is 26. The lowest BCUT2D eigenvalue weighted by Crippen LogP contribution is -2.27. The van der Waals surface area contributed by atoms with Crippen molar-refractivity contribution in [3.63, 3.8) is 0 Å². The van der Waals surface area contributed by atoms with E-state index < -0.39 is 26.3 Å². The molecule has 0 saturated heterocycles. The third-order valence-electron chi connectivity index (χ3n) is 7.28. The first-order valence-electron chi connectivity index (χ1n) is 16.1. The molecule has 2 aromatic heterocycles. The molecule has 12 heteroatoms. The largest absolute Gasteiger partial charge is 0.382 e. The fraction of sp³-hybridized carbons (Fsp3) is 0.833. The number of hydrogen-bond acceptors (Lipinski definition) is 9. The average Bonchev–Trinajstić information content (AvgIpc) is 3.38. The summed E-state index contributed by atoms with van der Waals surface area (Å²) >= 11 is 0. The molecule has 0 aromatic carbocycles.